The van der Waals surface area contributed by atoms with Gasteiger partial charge in [-0.2, -0.15) is 22.5 Å². The van der Waals surface area contributed by atoms with Gasteiger partial charge in [-0.3, -0.25) is 0 Å². The molecule has 0 aromatic carbocycles. The molecule has 2 nitrogen and oxygen atoms in total. The molecule has 86 valence electrons. The normalized spacial score (nSPS) is 13.3. The zero-order valence-electron chi connectivity index (χ0n) is 6.91. The van der Waals surface area contributed by atoms with Gasteiger partial charge in [-0.15, -0.1) is 0 Å². The number of rotatable bonds is 7. The third-order valence-electron chi connectivity index (χ3n) is 1.29. The van der Waals surface area contributed by atoms with Gasteiger partial charge in [0, 0.05) is 0 Å². The smallest absolute Gasteiger partial charge is 0.340 e. The van der Waals surface area contributed by atoms with Gasteiger partial charge in [0.2, 0.25) is 0 Å². The fourth-order valence-corrected chi connectivity index (χ4v) is 0.494. The fourth-order valence-electron chi connectivity index (χ4n) is 0.494. The van der Waals surface area contributed by atoms with Crippen molar-refractivity contribution in [2.75, 3.05) is 26.5 Å². The monoisotopic (exact) mass is 226 g/mol. The van der Waals surface area contributed by atoms with Crippen molar-refractivity contribution in [2.45, 2.75) is 11.8 Å². The Bertz CT molecular complexity index is 162. The van der Waals surface area contributed by atoms with E-state index in [0.717, 1.165) is 0 Å². The summed E-state index contributed by atoms with van der Waals surface area (Å²) in [5.74, 6) is -9.39. The average molecular weight is 226 g/mol. The Morgan fingerprint density at radius 3 is 1.93 bits per heavy atom. The van der Waals surface area contributed by atoms with Gasteiger partial charge in [0.15, 0.2) is 6.67 Å². The van der Waals surface area contributed by atoms with Crippen LogP contribution in [0.15, 0.2) is 0 Å². The first kappa shape index (κ1) is 13.5. The summed E-state index contributed by atoms with van der Waals surface area (Å²) in [6, 6.07) is 0. The standard InChI is InChI=1S/C6H8F6O2/c7-3-5(8,9)6(10,11)4-13-1-2-14-12/h1-4H2. The molecule has 0 bridgehead atoms. The highest BCUT2D eigenvalue weighted by Gasteiger charge is 2.56. The van der Waals surface area contributed by atoms with Crippen molar-refractivity contribution < 1.29 is 36.2 Å². The topological polar surface area (TPSA) is 18.5 Å². The van der Waals surface area contributed by atoms with Crippen LogP contribution in [0.1, 0.15) is 0 Å². The molecule has 0 spiro atoms. The number of ether oxygens (including phenoxy) is 1. The van der Waals surface area contributed by atoms with E-state index in [4.69, 9.17) is 0 Å². The Hall–Kier alpha value is -0.500. The lowest BCUT2D eigenvalue weighted by Crippen LogP contribution is -2.46. The van der Waals surface area contributed by atoms with Crippen molar-refractivity contribution in [2.24, 2.45) is 0 Å². The van der Waals surface area contributed by atoms with Gasteiger partial charge in [0.25, 0.3) is 0 Å². The van der Waals surface area contributed by atoms with Crippen molar-refractivity contribution in [1.29, 1.82) is 0 Å². The predicted molar refractivity (Wildman–Crippen MR) is 33.7 cm³/mol. The van der Waals surface area contributed by atoms with Crippen molar-refractivity contribution in [3.05, 3.63) is 0 Å². The minimum atomic E-state index is -4.77. The summed E-state index contributed by atoms with van der Waals surface area (Å²) < 4.78 is 75.4. The summed E-state index contributed by atoms with van der Waals surface area (Å²) in [5, 5.41) is 0. The third kappa shape index (κ3) is 3.70. The number of alkyl halides is 5. The largest absolute Gasteiger partial charge is 0.372 e. The molecule has 0 amide bonds. The zero-order valence-corrected chi connectivity index (χ0v) is 6.91. The van der Waals surface area contributed by atoms with Crippen LogP contribution in [0, 0.1) is 0 Å². The van der Waals surface area contributed by atoms with Crippen LogP contribution in [0.3, 0.4) is 0 Å². The van der Waals surface area contributed by atoms with E-state index >= 15 is 0 Å². The second-order valence-electron chi connectivity index (χ2n) is 2.41. The summed E-state index contributed by atoms with van der Waals surface area (Å²) in [4.78, 5) is 2.94. The Labute approximate surface area is 75.7 Å². The highest BCUT2D eigenvalue weighted by Crippen LogP contribution is 2.34. The molecule has 0 heterocycles. The lowest BCUT2D eigenvalue weighted by atomic mass is 10.2. The third-order valence-corrected chi connectivity index (χ3v) is 1.29. The summed E-state index contributed by atoms with van der Waals surface area (Å²) >= 11 is 0. The van der Waals surface area contributed by atoms with E-state index in [9.17, 15) is 26.5 Å². The molecular formula is C6H8F6O2. The van der Waals surface area contributed by atoms with E-state index in [-0.39, 0.29) is 0 Å². The minimum absolute atomic E-state index is 0.617. The van der Waals surface area contributed by atoms with Gasteiger partial charge in [-0.05, 0) is 4.53 Å². The average Bonchev–Trinajstić information content (AvgIpc) is 2.12. The van der Waals surface area contributed by atoms with Gasteiger partial charge in [-0.1, -0.05) is 0 Å². The van der Waals surface area contributed by atoms with Crippen LogP contribution >= 0.6 is 0 Å². The number of halogens is 6. The van der Waals surface area contributed by atoms with E-state index in [2.05, 4.69) is 9.68 Å². The van der Waals surface area contributed by atoms with Gasteiger partial charge >= 0.3 is 11.8 Å². The van der Waals surface area contributed by atoms with Crippen molar-refractivity contribution in [3.8, 4) is 0 Å². The van der Waals surface area contributed by atoms with Gasteiger partial charge in [-0.25, -0.2) is 4.39 Å². The Balaban J connectivity index is 3.94. The van der Waals surface area contributed by atoms with E-state index in [1.54, 1.807) is 0 Å². The van der Waals surface area contributed by atoms with E-state index in [0.29, 0.717) is 0 Å². The van der Waals surface area contributed by atoms with Crippen LogP contribution in [-0.4, -0.2) is 38.3 Å². The Morgan fingerprint density at radius 1 is 0.929 bits per heavy atom. The van der Waals surface area contributed by atoms with Crippen molar-refractivity contribution in [3.63, 3.8) is 0 Å². The molecule has 0 saturated heterocycles. The number of hydrogen-bond acceptors (Lipinski definition) is 2. The summed E-state index contributed by atoms with van der Waals surface area (Å²) in [5.41, 5.74) is 0. The van der Waals surface area contributed by atoms with Crippen LogP contribution in [0.4, 0.5) is 26.5 Å². The second kappa shape index (κ2) is 5.40. The first-order valence-electron chi connectivity index (χ1n) is 3.50. The van der Waals surface area contributed by atoms with Crippen molar-refractivity contribution >= 4 is 0 Å². The first-order valence-corrected chi connectivity index (χ1v) is 3.50. The van der Waals surface area contributed by atoms with Crippen LogP contribution in [-0.2, 0) is 9.68 Å². The molecule has 0 saturated carbocycles. The molecule has 0 aromatic heterocycles. The Kier molecular flexibility index (Phi) is 5.21. The van der Waals surface area contributed by atoms with Crippen LogP contribution in [0.25, 0.3) is 0 Å². The maximum absolute atomic E-state index is 12.4. The SMILES string of the molecule is FCC(F)(F)C(F)(F)COCCOF. The van der Waals surface area contributed by atoms with Crippen LogP contribution in [0.5, 0.6) is 0 Å². The van der Waals surface area contributed by atoms with Crippen LogP contribution in [0.2, 0.25) is 0 Å². The van der Waals surface area contributed by atoms with E-state index in [1.165, 1.54) is 0 Å². The van der Waals surface area contributed by atoms with Crippen molar-refractivity contribution in [1.82, 2.24) is 0 Å². The van der Waals surface area contributed by atoms with Gasteiger partial charge in [0.1, 0.15) is 13.2 Å². The molecule has 0 unspecified atom stereocenters. The van der Waals surface area contributed by atoms with Crippen LogP contribution < -0.4 is 0 Å². The summed E-state index contributed by atoms with van der Waals surface area (Å²) in [6.45, 7) is -5.44. The molecule has 0 atom stereocenters. The van der Waals surface area contributed by atoms with Gasteiger partial charge in [0.05, 0.1) is 6.61 Å². The minimum Gasteiger partial charge on any atom is -0.372 e. The molecule has 0 radical (unpaired) electrons. The van der Waals surface area contributed by atoms with E-state index in [1.807, 2.05) is 0 Å². The molecule has 14 heavy (non-hydrogen) atoms. The lowest BCUT2D eigenvalue weighted by Gasteiger charge is -2.23. The fraction of sp³-hybridized carbons (Fsp3) is 1.00. The Morgan fingerprint density at radius 2 is 1.50 bits per heavy atom. The number of hydrogen-bond donors (Lipinski definition) is 0. The highest BCUT2D eigenvalue weighted by atomic mass is 19.3. The molecule has 8 heteroatoms. The summed E-state index contributed by atoms with van der Waals surface area (Å²) in [7, 11) is 0. The molecule has 0 aliphatic rings. The molecule has 0 aliphatic heterocycles. The lowest BCUT2D eigenvalue weighted by molar-refractivity contribution is -0.241. The maximum Gasteiger partial charge on any atom is 0.340 e. The molecule has 0 rings (SSSR count). The first-order chi connectivity index (χ1) is 6.37. The predicted octanol–water partition coefficient (Wildman–Crippen LogP) is 2.14. The van der Waals surface area contributed by atoms with E-state index < -0.39 is 38.3 Å². The summed E-state index contributed by atoms with van der Waals surface area (Å²) in [6.07, 6.45) is 0. The molecule has 0 N–H and O–H groups in total. The second-order valence-corrected chi connectivity index (χ2v) is 2.41. The zero-order chi connectivity index (χ0) is 11.2. The molecule has 0 aromatic rings. The molecule has 0 aliphatic carbocycles. The maximum atomic E-state index is 12.4. The van der Waals surface area contributed by atoms with Gasteiger partial charge < -0.3 is 4.74 Å². The quantitative estimate of drug-likeness (QED) is 0.489. The highest BCUT2D eigenvalue weighted by molar-refractivity contribution is 4.83. The molecular weight excluding hydrogens is 218 g/mol. The molecule has 0 fully saturated rings.